The van der Waals surface area contributed by atoms with E-state index in [-0.39, 0.29) is 22.1 Å². The first-order valence-electron chi connectivity index (χ1n) is 10.3. The first kappa shape index (κ1) is 22.5. The lowest BCUT2D eigenvalue weighted by Crippen LogP contribution is -2.46. The van der Waals surface area contributed by atoms with Crippen LogP contribution in [0.2, 0.25) is 0 Å². The normalized spacial score (nSPS) is 27.3. The standard InChI is InChI=1S/C20H31N3O4S2/c1-14-5-4-6-18(15(14)2)22-20(24)16(3)28-19-8-7-17(13-21-19)29(25,26)23-9-11-27-12-10-23/h7-8,13-16,18H,4-6,9-12H2,1-3H3,(H,22,24). The number of hydrogen-bond donors (Lipinski definition) is 1. The lowest BCUT2D eigenvalue weighted by atomic mass is 9.78. The maximum atomic E-state index is 12.7. The van der Waals surface area contributed by atoms with E-state index in [1.54, 1.807) is 12.1 Å². The average Bonchev–Trinajstić information content (AvgIpc) is 2.72. The number of thioether (sulfide) groups is 1. The quantitative estimate of drug-likeness (QED) is 0.683. The van der Waals surface area contributed by atoms with Crippen molar-refractivity contribution in [2.45, 2.75) is 61.2 Å². The molecule has 2 fully saturated rings. The van der Waals surface area contributed by atoms with E-state index in [2.05, 4.69) is 24.1 Å². The highest BCUT2D eigenvalue weighted by Crippen LogP contribution is 2.30. The number of rotatable bonds is 6. The van der Waals surface area contributed by atoms with Gasteiger partial charge in [-0.25, -0.2) is 13.4 Å². The second-order valence-electron chi connectivity index (χ2n) is 7.99. The third-order valence-electron chi connectivity index (χ3n) is 6.02. The molecule has 3 rings (SSSR count). The number of hydrogen-bond acceptors (Lipinski definition) is 6. The molecular formula is C20H31N3O4S2. The number of sulfonamides is 1. The van der Waals surface area contributed by atoms with E-state index in [9.17, 15) is 13.2 Å². The van der Waals surface area contributed by atoms with Crippen LogP contribution >= 0.6 is 11.8 Å². The zero-order valence-electron chi connectivity index (χ0n) is 17.3. The van der Waals surface area contributed by atoms with Gasteiger partial charge in [-0.05, 0) is 37.3 Å². The number of pyridine rings is 1. The molecule has 0 bridgehead atoms. The Hall–Kier alpha value is -1.16. The number of aromatic nitrogens is 1. The fourth-order valence-electron chi connectivity index (χ4n) is 3.85. The Bertz CT molecular complexity index is 794. The summed E-state index contributed by atoms with van der Waals surface area (Å²) < 4.78 is 32.0. The molecule has 1 aromatic rings. The van der Waals surface area contributed by atoms with Crippen LogP contribution in [0, 0.1) is 11.8 Å². The van der Waals surface area contributed by atoms with Gasteiger partial charge in [0.15, 0.2) is 0 Å². The first-order chi connectivity index (χ1) is 13.8. The summed E-state index contributed by atoms with van der Waals surface area (Å²) in [6.45, 7) is 7.84. The van der Waals surface area contributed by atoms with Gasteiger partial charge in [-0.2, -0.15) is 4.31 Å². The first-order valence-corrected chi connectivity index (χ1v) is 12.6. The molecule has 1 aliphatic carbocycles. The molecule has 1 aromatic heterocycles. The van der Waals surface area contributed by atoms with E-state index in [1.807, 2.05) is 6.92 Å². The van der Waals surface area contributed by atoms with Gasteiger partial charge in [-0.1, -0.05) is 38.5 Å². The Morgan fingerprint density at radius 2 is 2.00 bits per heavy atom. The summed E-state index contributed by atoms with van der Waals surface area (Å²) in [6, 6.07) is 3.46. The van der Waals surface area contributed by atoms with Gasteiger partial charge < -0.3 is 10.1 Å². The monoisotopic (exact) mass is 441 g/mol. The van der Waals surface area contributed by atoms with Crippen molar-refractivity contribution in [1.82, 2.24) is 14.6 Å². The minimum Gasteiger partial charge on any atom is -0.379 e. The SMILES string of the molecule is CC(Sc1ccc(S(=O)(=O)N2CCOCC2)cn1)C(=O)NC1CCCC(C)C1C. The Morgan fingerprint density at radius 3 is 2.66 bits per heavy atom. The van der Waals surface area contributed by atoms with E-state index < -0.39 is 10.0 Å². The summed E-state index contributed by atoms with van der Waals surface area (Å²) in [5.74, 6) is 1.11. The highest BCUT2D eigenvalue weighted by molar-refractivity contribution is 8.00. The van der Waals surface area contributed by atoms with Crippen LogP contribution < -0.4 is 5.32 Å². The Labute approximate surface area is 178 Å². The van der Waals surface area contributed by atoms with Gasteiger partial charge in [-0.3, -0.25) is 4.79 Å². The molecule has 1 amide bonds. The summed E-state index contributed by atoms with van der Waals surface area (Å²) >= 11 is 1.35. The topological polar surface area (TPSA) is 88.6 Å². The zero-order valence-corrected chi connectivity index (χ0v) is 19.0. The molecule has 29 heavy (non-hydrogen) atoms. The van der Waals surface area contributed by atoms with Gasteiger partial charge in [0.05, 0.1) is 23.5 Å². The van der Waals surface area contributed by atoms with Crippen LogP contribution in [0.5, 0.6) is 0 Å². The maximum absolute atomic E-state index is 12.7. The Balaban J connectivity index is 1.58. The maximum Gasteiger partial charge on any atom is 0.244 e. The fraction of sp³-hybridized carbons (Fsp3) is 0.700. The fourth-order valence-corrected chi connectivity index (χ4v) is 6.00. The van der Waals surface area contributed by atoms with Gasteiger partial charge >= 0.3 is 0 Å². The molecule has 1 saturated heterocycles. The van der Waals surface area contributed by atoms with E-state index in [1.165, 1.54) is 28.7 Å². The van der Waals surface area contributed by atoms with Gasteiger partial charge in [-0.15, -0.1) is 0 Å². The minimum atomic E-state index is -3.55. The summed E-state index contributed by atoms with van der Waals surface area (Å²) in [6.07, 6.45) is 4.78. The second-order valence-corrected chi connectivity index (χ2v) is 11.3. The molecule has 2 aliphatic rings. The lowest BCUT2D eigenvalue weighted by Gasteiger charge is -2.35. The van der Waals surface area contributed by atoms with E-state index >= 15 is 0 Å². The van der Waals surface area contributed by atoms with Crippen molar-refractivity contribution in [3.63, 3.8) is 0 Å². The summed E-state index contributed by atoms with van der Waals surface area (Å²) in [7, 11) is -3.55. The third-order valence-corrected chi connectivity index (χ3v) is 8.95. The summed E-state index contributed by atoms with van der Waals surface area (Å²) in [5.41, 5.74) is 0. The molecule has 1 N–H and O–H groups in total. The summed E-state index contributed by atoms with van der Waals surface area (Å²) in [4.78, 5) is 17.1. The van der Waals surface area contributed by atoms with Gasteiger partial charge in [0.1, 0.15) is 4.90 Å². The molecule has 1 saturated carbocycles. The van der Waals surface area contributed by atoms with Crippen LogP contribution in [-0.2, 0) is 19.6 Å². The van der Waals surface area contributed by atoms with Crippen molar-refractivity contribution in [1.29, 1.82) is 0 Å². The lowest BCUT2D eigenvalue weighted by molar-refractivity contribution is -0.121. The largest absolute Gasteiger partial charge is 0.379 e. The second kappa shape index (κ2) is 9.76. The average molecular weight is 442 g/mol. The minimum absolute atomic E-state index is 0.00719. The van der Waals surface area contributed by atoms with Crippen molar-refractivity contribution >= 4 is 27.7 Å². The van der Waals surface area contributed by atoms with Crippen molar-refractivity contribution in [3.05, 3.63) is 18.3 Å². The number of nitrogens with zero attached hydrogens (tertiary/aromatic N) is 2. The molecular weight excluding hydrogens is 410 g/mol. The van der Waals surface area contributed by atoms with Crippen LogP contribution in [0.3, 0.4) is 0 Å². The summed E-state index contributed by atoms with van der Waals surface area (Å²) in [5, 5.41) is 3.54. The van der Waals surface area contributed by atoms with Crippen LogP contribution in [0.15, 0.2) is 28.3 Å². The Kier molecular flexibility index (Phi) is 7.58. The van der Waals surface area contributed by atoms with Gasteiger partial charge in [0, 0.05) is 25.3 Å². The molecule has 1 aliphatic heterocycles. The van der Waals surface area contributed by atoms with Crippen molar-refractivity contribution in [3.8, 4) is 0 Å². The van der Waals surface area contributed by atoms with Gasteiger partial charge in [0.2, 0.25) is 15.9 Å². The molecule has 9 heteroatoms. The molecule has 162 valence electrons. The molecule has 4 atom stereocenters. The molecule has 0 aromatic carbocycles. The van der Waals surface area contributed by atoms with Crippen molar-refractivity contribution < 1.29 is 17.9 Å². The number of ether oxygens (including phenoxy) is 1. The van der Waals surface area contributed by atoms with Crippen LogP contribution in [0.1, 0.15) is 40.0 Å². The smallest absolute Gasteiger partial charge is 0.244 e. The highest BCUT2D eigenvalue weighted by atomic mass is 32.2. The molecule has 0 spiro atoms. The molecule has 4 unspecified atom stereocenters. The molecule has 7 nitrogen and oxygen atoms in total. The molecule has 2 heterocycles. The van der Waals surface area contributed by atoms with E-state index in [0.29, 0.717) is 43.2 Å². The number of carbonyl (C=O) groups is 1. The third kappa shape index (κ3) is 5.51. The van der Waals surface area contributed by atoms with Crippen LogP contribution in [-0.4, -0.2) is 61.2 Å². The number of amides is 1. The Morgan fingerprint density at radius 1 is 1.28 bits per heavy atom. The molecule has 0 radical (unpaired) electrons. The van der Waals surface area contributed by atoms with Gasteiger partial charge in [0.25, 0.3) is 0 Å². The van der Waals surface area contributed by atoms with Crippen molar-refractivity contribution in [2.75, 3.05) is 26.3 Å². The van der Waals surface area contributed by atoms with Crippen molar-refractivity contribution in [2.24, 2.45) is 11.8 Å². The van der Waals surface area contributed by atoms with Crippen LogP contribution in [0.4, 0.5) is 0 Å². The highest BCUT2D eigenvalue weighted by Gasteiger charge is 2.30. The predicted octanol–water partition coefficient (Wildman–Crippen LogP) is 2.52. The van der Waals surface area contributed by atoms with Crippen LogP contribution in [0.25, 0.3) is 0 Å². The number of morpholine rings is 1. The van der Waals surface area contributed by atoms with E-state index in [0.717, 1.165) is 12.8 Å². The number of carbonyl (C=O) groups excluding carboxylic acids is 1. The zero-order chi connectivity index (χ0) is 21.0. The predicted molar refractivity (Wildman–Crippen MR) is 113 cm³/mol. The van der Waals surface area contributed by atoms with E-state index in [4.69, 9.17) is 4.74 Å². The number of nitrogens with one attached hydrogen (secondary N) is 1.